The molecule has 0 aromatic heterocycles. The number of Topliss-reactive ketones (excluding diaryl/α,β-unsaturated/α-hetero) is 1. The van der Waals surface area contributed by atoms with Gasteiger partial charge in [0.25, 0.3) is 0 Å². The molecule has 0 saturated carbocycles. The van der Waals surface area contributed by atoms with Gasteiger partial charge in [-0.15, -0.1) is 0 Å². The third kappa shape index (κ3) is 7.03. The molecule has 1 aliphatic rings. The SMILES string of the molecule is C.CC(=O)c1ccc(F)cc1.CCN[C@@H]1CCNC1. The van der Waals surface area contributed by atoms with Gasteiger partial charge in [0.05, 0.1) is 0 Å². The molecule has 0 spiro atoms. The first-order valence-corrected chi connectivity index (χ1v) is 6.34. The van der Waals surface area contributed by atoms with Crippen LogP contribution in [0.4, 0.5) is 4.39 Å². The van der Waals surface area contributed by atoms with E-state index in [0.717, 1.165) is 19.1 Å². The summed E-state index contributed by atoms with van der Waals surface area (Å²) in [5.41, 5.74) is 0.543. The molecule has 1 fully saturated rings. The number of halogens is 1. The fraction of sp³-hybridized carbons (Fsp3) is 0.533. The van der Waals surface area contributed by atoms with Crippen molar-refractivity contribution in [3.8, 4) is 0 Å². The van der Waals surface area contributed by atoms with Crippen molar-refractivity contribution in [3.63, 3.8) is 0 Å². The van der Waals surface area contributed by atoms with Gasteiger partial charge >= 0.3 is 0 Å². The van der Waals surface area contributed by atoms with Crippen molar-refractivity contribution < 1.29 is 9.18 Å². The molecule has 0 bridgehead atoms. The Morgan fingerprint density at radius 1 is 1.42 bits per heavy atom. The first kappa shape index (κ1) is 17.7. The van der Waals surface area contributed by atoms with Crippen LogP contribution < -0.4 is 10.6 Å². The van der Waals surface area contributed by atoms with Gasteiger partial charge in [-0.25, -0.2) is 4.39 Å². The van der Waals surface area contributed by atoms with E-state index in [9.17, 15) is 9.18 Å². The molecule has 0 aliphatic carbocycles. The molecule has 2 rings (SSSR count). The van der Waals surface area contributed by atoms with Gasteiger partial charge in [0.1, 0.15) is 5.82 Å². The molecule has 1 aliphatic heterocycles. The molecule has 1 aromatic carbocycles. The smallest absolute Gasteiger partial charge is 0.159 e. The third-order valence-corrected chi connectivity index (χ3v) is 2.80. The summed E-state index contributed by atoms with van der Waals surface area (Å²) in [6.45, 7) is 7.06. The number of benzene rings is 1. The quantitative estimate of drug-likeness (QED) is 0.828. The highest BCUT2D eigenvalue weighted by Gasteiger charge is 2.11. The maximum absolute atomic E-state index is 12.2. The van der Waals surface area contributed by atoms with E-state index < -0.39 is 0 Å². The van der Waals surface area contributed by atoms with Crippen LogP contribution in [0.5, 0.6) is 0 Å². The summed E-state index contributed by atoms with van der Waals surface area (Å²) in [4.78, 5) is 10.6. The van der Waals surface area contributed by atoms with E-state index in [1.165, 1.54) is 44.2 Å². The molecule has 3 nitrogen and oxygen atoms in total. The Kier molecular flexibility index (Phi) is 9.00. The van der Waals surface area contributed by atoms with Crippen LogP contribution >= 0.6 is 0 Å². The van der Waals surface area contributed by atoms with Gasteiger partial charge in [-0.05, 0) is 50.7 Å². The van der Waals surface area contributed by atoms with Crippen LogP contribution in [0.25, 0.3) is 0 Å². The van der Waals surface area contributed by atoms with Gasteiger partial charge in [0.15, 0.2) is 5.78 Å². The Hall–Kier alpha value is -1.26. The number of hydrogen-bond acceptors (Lipinski definition) is 3. The van der Waals surface area contributed by atoms with E-state index in [-0.39, 0.29) is 19.0 Å². The lowest BCUT2D eigenvalue weighted by atomic mass is 10.1. The van der Waals surface area contributed by atoms with Crippen LogP contribution in [-0.4, -0.2) is 31.5 Å². The Balaban J connectivity index is 0.000000331. The van der Waals surface area contributed by atoms with Crippen molar-refractivity contribution in [3.05, 3.63) is 35.6 Å². The number of nitrogens with one attached hydrogen (secondary N) is 2. The summed E-state index contributed by atoms with van der Waals surface area (Å²) in [6.07, 6.45) is 1.30. The van der Waals surface area contributed by atoms with E-state index in [0.29, 0.717) is 5.56 Å². The zero-order chi connectivity index (χ0) is 13.4. The molecule has 1 saturated heterocycles. The lowest BCUT2D eigenvalue weighted by molar-refractivity contribution is 0.101. The summed E-state index contributed by atoms with van der Waals surface area (Å²) in [7, 11) is 0. The zero-order valence-corrected chi connectivity index (χ0v) is 11.0. The Labute approximate surface area is 115 Å². The molecular formula is C15H25FN2O. The Morgan fingerprint density at radius 3 is 2.47 bits per heavy atom. The minimum absolute atomic E-state index is 0. The highest BCUT2D eigenvalue weighted by Crippen LogP contribution is 2.02. The van der Waals surface area contributed by atoms with Gasteiger partial charge in [-0.1, -0.05) is 14.4 Å². The normalized spacial score (nSPS) is 17.1. The molecule has 4 heteroatoms. The minimum Gasteiger partial charge on any atom is -0.315 e. The summed E-state index contributed by atoms with van der Waals surface area (Å²) in [5, 5.41) is 6.68. The Bertz CT molecular complexity index is 359. The molecule has 1 heterocycles. The molecule has 0 unspecified atom stereocenters. The summed E-state index contributed by atoms with van der Waals surface area (Å²) < 4.78 is 12.2. The van der Waals surface area contributed by atoms with Crippen LogP contribution in [0.2, 0.25) is 0 Å². The molecule has 0 amide bonds. The molecule has 1 atom stereocenters. The summed E-state index contributed by atoms with van der Waals surface area (Å²) in [5.74, 6) is -0.356. The average Bonchev–Trinajstić information content (AvgIpc) is 2.84. The lowest BCUT2D eigenvalue weighted by Gasteiger charge is -2.06. The van der Waals surface area contributed by atoms with Crippen LogP contribution in [0.1, 0.15) is 38.1 Å². The van der Waals surface area contributed by atoms with Crippen molar-refractivity contribution in [1.82, 2.24) is 10.6 Å². The lowest BCUT2D eigenvalue weighted by Crippen LogP contribution is -2.30. The number of likely N-dealkylation sites (N-methyl/N-ethyl adjacent to an activating group) is 1. The van der Waals surface area contributed by atoms with Gasteiger partial charge < -0.3 is 10.6 Å². The Morgan fingerprint density at radius 2 is 2.05 bits per heavy atom. The summed E-state index contributed by atoms with van der Waals surface area (Å²) in [6, 6.07) is 6.24. The maximum atomic E-state index is 12.2. The molecular weight excluding hydrogens is 243 g/mol. The van der Waals surface area contributed by atoms with E-state index in [1.54, 1.807) is 0 Å². The number of hydrogen-bond donors (Lipinski definition) is 2. The van der Waals surface area contributed by atoms with E-state index in [2.05, 4.69) is 17.6 Å². The van der Waals surface area contributed by atoms with Gasteiger partial charge in [-0.2, -0.15) is 0 Å². The highest BCUT2D eigenvalue weighted by molar-refractivity contribution is 5.93. The molecule has 2 N–H and O–H groups in total. The number of carbonyl (C=O) groups is 1. The van der Waals surface area contributed by atoms with Crippen molar-refractivity contribution in [2.24, 2.45) is 0 Å². The predicted molar refractivity (Wildman–Crippen MR) is 78.1 cm³/mol. The van der Waals surface area contributed by atoms with Crippen molar-refractivity contribution >= 4 is 5.78 Å². The third-order valence-electron chi connectivity index (χ3n) is 2.80. The van der Waals surface area contributed by atoms with Crippen LogP contribution in [-0.2, 0) is 0 Å². The number of ketones is 1. The van der Waals surface area contributed by atoms with Crippen molar-refractivity contribution in [2.75, 3.05) is 19.6 Å². The summed E-state index contributed by atoms with van der Waals surface area (Å²) >= 11 is 0. The largest absolute Gasteiger partial charge is 0.315 e. The minimum atomic E-state index is -0.315. The second-order valence-corrected chi connectivity index (χ2v) is 4.31. The second kappa shape index (κ2) is 9.64. The highest BCUT2D eigenvalue weighted by atomic mass is 19.1. The molecule has 1 aromatic rings. The molecule has 19 heavy (non-hydrogen) atoms. The molecule has 108 valence electrons. The predicted octanol–water partition coefficient (Wildman–Crippen LogP) is 2.62. The fourth-order valence-electron chi connectivity index (χ4n) is 1.80. The topological polar surface area (TPSA) is 41.1 Å². The monoisotopic (exact) mass is 268 g/mol. The van der Waals surface area contributed by atoms with Gasteiger partial charge in [0.2, 0.25) is 0 Å². The van der Waals surface area contributed by atoms with E-state index in [1.807, 2.05) is 0 Å². The van der Waals surface area contributed by atoms with Crippen LogP contribution in [0.3, 0.4) is 0 Å². The zero-order valence-electron chi connectivity index (χ0n) is 11.0. The van der Waals surface area contributed by atoms with Crippen LogP contribution in [0, 0.1) is 5.82 Å². The van der Waals surface area contributed by atoms with E-state index >= 15 is 0 Å². The first-order valence-electron chi connectivity index (χ1n) is 6.34. The van der Waals surface area contributed by atoms with Crippen molar-refractivity contribution in [1.29, 1.82) is 0 Å². The number of rotatable bonds is 3. The fourth-order valence-corrected chi connectivity index (χ4v) is 1.80. The van der Waals surface area contributed by atoms with Gasteiger partial charge in [0, 0.05) is 18.2 Å². The molecule has 0 radical (unpaired) electrons. The number of carbonyl (C=O) groups excluding carboxylic acids is 1. The standard InChI is InChI=1S/C8H7FO.C6H14N2.CH4/c1-6(10)7-2-4-8(9)5-3-7;1-2-8-6-3-4-7-5-6;/h2-5H,1H3;6-8H,2-5H2,1H3;1H4/t;6-;/m.1./s1. The first-order chi connectivity index (χ1) is 8.63. The van der Waals surface area contributed by atoms with Gasteiger partial charge in [-0.3, -0.25) is 4.79 Å². The van der Waals surface area contributed by atoms with E-state index in [4.69, 9.17) is 0 Å². The van der Waals surface area contributed by atoms with Crippen LogP contribution in [0.15, 0.2) is 24.3 Å². The second-order valence-electron chi connectivity index (χ2n) is 4.31. The van der Waals surface area contributed by atoms with Crippen molar-refractivity contribution in [2.45, 2.75) is 33.7 Å². The average molecular weight is 268 g/mol. The maximum Gasteiger partial charge on any atom is 0.159 e.